The summed E-state index contributed by atoms with van der Waals surface area (Å²) in [7, 11) is 0. The summed E-state index contributed by atoms with van der Waals surface area (Å²) in [5.74, 6) is 1.02. The Morgan fingerprint density at radius 1 is 1.17 bits per heavy atom. The van der Waals surface area contributed by atoms with Gasteiger partial charge in [0.05, 0.1) is 11.7 Å². The zero-order valence-corrected chi connectivity index (χ0v) is 13.5. The molecular weight excluding hydrogens is 292 g/mol. The van der Waals surface area contributed by atoms with E-state index in [0.717, 1.165) is 6.42 Å². The number of amides is 1. The topological polar surface area (TPSA) is 60.5 Å². The van der Waals surface area contributed by atoms with Crippen molar-refractivity contribution >= 4 is 5.91 Å². The van der Waals surface area contributed by atoms with Crippen LogP contribution in [0.25, 0.3) is 0 Å². The number of rotatable bonds is 8. The first-order valence-corrected chi connectivity index (χ1v) is 7.74. The van der Waals surface area contributed by atoms with E-state index < -0.39 is 0 Å². The lowest BCUT2D eigenvalue weighted by atomic mass is 10.2. The highest BCUT2D eigenvalue weighted by Crippen LogP contribution is 2.18. The molecule has 1 amide bonds. The van der Waals surface area contributed by atoms with Gasteiger partial charge >= 0.3 is 0 Å². The van der Waals surface area contributed by atoms with Crippen molar-refractivity contribution in [3.8, 4) is 11.6 Å². The van der Waals surface area contributed by atoms with E-state index in [1.165, 1.54) is 6.20 Å². The first-order valence-electron chi connectivity index (χ1n) is 7.74. The van der Waals surface area contributed by atoms with Gasteiger partial charge in [0.15, 0.2) is 0 Å². The molecule has 0 atom stereocenters. The van der Waals surface area contributed by atoms with Crippen molar-refractivity contribution in [1.82, 2.24) is 10.3 Å². The van der Waals surface area contributed by atoms with E-state index in [2.05, 4.69) is 10.3 Å². The largest absolute Gasteiger partial charge is 0.439 e. The van der Waals surface area contributed by atoms with Crippen molar-refractivity contribution in [3.05, 3.63) is 54.2 Å². The van der Waals surface area contributed by atoms with Gasteiger partial charge in [-0.3, -0.25) is 4.79 Å². The number of benzene rings is 1. The number of nitrogens with zero attached hydrogens (tertiary/aromatic N) is 1. The number of pyridine rings is 1. The van der Waals surface area contributed by atoms with Gasteiger partial charge in [0.2, 0.25) is 5.88 Å². The van der Waals surface area contributed by atoms with Crippen LogP contribution in [0.5, 0.6) is 11.6 Å². The third kappa shape index (κ3) is 6.08. The smallest absolute Gasteiger partial charge is 0.252 e. The maximum atomic E-state index is 12.0. The Morgan fingerprint density at radius 3 is 2.61 bits per heavy atom. The molecule has 0 aliphatic carbocycles. The second-order valence-electron chi connectivity index (χ2n) is 5.33. The second-order valence-corrected chi connectivity index (χ2v) is 5.33. The SMILES string of the molecule is CC(C)OCCCNC(=O)c1ccc(Oc2ccccc2)nc1. The normalized spacial score (nSPS) is 10.6. The summed E-state index contributed by atoms with van der Waals surface area (Å²) in [5, 5.41) is 2.84. The molecule has 1 heterocycles. The molecule has 0 unspecified atom stereocenters. The molecule has 0 saturated carbocycles. The monoisotopic (exact) mass is 314 g/mol. The molecule has 0 bridgehead atoms. The zero-order chi connectivity index (χ0) is 16.5. The summed E-state index contributed by atoms with van der Waals surface area (Å²) < 4.78 is 11.0. The molecule has 0 aliphatic heterocycles. The Hall–Kier alpha value is -2.40. The second kappa shape index (κ2) is 8.90. The minimum atomic E-state index is -0.145. The van der Waals surface area contributed by atoms with Crippen LogP contribution in [-0.4, -0.2) is 30.1 Å². The molecule has 0 aliphatic rings. The molecule has 0 saturated heterocycles. The molecule has 2 rings (SSSR count). The quantitative estimate of drug-likeness (QED) is 0.758. The highest BCUT2D eigenvalue weighted by atomic mass is 16.5. The molecule has 1 N–H and O–H groups in total. The van der Waals surface area contributed by atoms with Gasteiger partial charge in [-0.25, -0.2) is 4.98 Å². The third-order valence-corrected chi connectivity index (χ3v) is 3.02. The highest BCUT2D eigenvalue weighted by molar-refractivity contribution is 5.93. The van der Waals surface area contributed by atoms with E-state index in [9.17, 15) is 4.79 Å². The Kier molecular flexibility index (Phi) is 6.56. The Morgan fingerprint density at radius 2 is 1.96 bits per heavy atom. The first-order chi connectivity index (χ1) is 11.1. The maximum Gasteiger partial charge on any atom is 0.252 e. The van der Waals surface area contributed by atoms with E-state index in [4.69, 9.17) is 9.47 Å². The molecule has 1 aromatic carbocycles. The number of aromatic nitrogens is 1. The van der Waals surface area contributed by atoms with Crippen LogP contribution in [-0.2, 0) is 4.74 Å². The highest BCUT2D eigenvalue weighted by Gasteiger charge is 2.06. The van der Waals surface area contributed by atoms with Crippen LogP contribution >= 0.6 is 0 Å². The van der Waals surface area contributed by atoms with E-state index >= 15 is 0 Å². The van der Waals surface area contributed by atoms with Crippen molar-refractivity contribution in [2.75, 3.05) is 13.2 Å². The lowest BCUT2D eigenvalue weighted by Gasteiger charge is -2.08. The maximum absolute atomic E-state index is 12.0. The summed E-state index contributed by atoms with van der Waals surface area (Å²) in [5.41, 5.74) is 0.509. The molecule has 23 heavy (non-hydrogen) atoms. The Balaban J connectivity index is 1.78. The summed E-state index contributed by atoms with van der Waals surface area (Å²) in [6.45, 7) is 5.19. The molecule has 0 spiro atoms. The Bertz CT molecular complexity index is 597. The van der Waals surface area contributed by atoms with E-state index in [0.29, 0.717) is 30.3 Å². The summed E-state index contributed by atoms with van der Waals surface area (Å²) in [4.78, 5) is 16.1. The predicted molar refractivity (Wildman–Crippen MR) is 88.8 cm³/mol. The van der Waals surface area contributed by atoms with Crippen LogP contribution in [0.15, 0.2) is 48.7 Å². The molecule has 122 valence electrons. The van der Waals surface area contributed by atoms with Crippen molar-refractivity contribution in [2.45, 2.75) is 26.4 Å². The van der Waals surface area contributed by atoms with Crippen molar-refractivity contribution < 1.29 is 14.3 Å². The van der Waals surface area contributed by atoms with Crippen molar-refractivity contribution in [3.63, 3.8) is 0 Å². The van der Waals surface area contributed by atoms with E-state index in [1.54, 1.807) is 12.1 Å². The molecule has 5 nitrogen and oxygen atoms in total. The van der Waals surface area contributed by atoms with E-state index in [1.807, 2.05) is 44.2 Å². The van der Waals surface area contributed by atoms with Crippen LogP contribution in [0.4, 0.5) is 0 Å². The number of carbonyl (C=O) groups excluding carboxylic acids is 1. The number of carbonyl (C=O) groups is 1. The summed E-state index contributed by atoms with van der Waals surface area (Å²) in [6.07, 6.45) is 2.51. The molecule has 1 aromatic heterocycles. The average Bonchev–Trinajstić information content (AvgIpc) is 2.56. The van der Waals surface area contributed by atoms with Gasteiger partial charge in [-0.05, 0) is 38.5 Å². The van der Waals surface area contributed by atoms with Gasteiger partial charge in [0.25, 0.3) is 5.91 Å². The fourth-order valence-electron chi connectivity index (χ4n) is 1.88. The van der Waals surface area contributed by atoms with Crippen molar-refractivity contribution in [2.24, 2.45) is 0 Å². The van der Waals surface area contributed by atoms with Gasteiger partial charge in [-0.1, -0.05) is 18.2 Å². The Labute approximate surface area is 136 Å². The van der Waals surface area contributed by atoms with Crippen LogP contribution < -0.4 is 10.1 Å². The number of para-hydroxylation sites is 1. The van der Waals surface area contributed by atoms with Crippen LogP contribution in [0.2, 0.25) is 0 Å². The van der Waals surface area contributed by atoms with Gasteiger partial charge in [-0.2, -0.15) is 0 Å². The summed E-state index contributed by atoms with van der Waals surface area (Å²) >= 11 is 0. The van der Waals surface area contributed by atoms with E-state index in [-0.39, 0.29) is 12.0 Å². The fraction of sp³-hybridized carbons (Fsp3) is 0.333. The average molecular weight is 314 g/mol. The molecule has 0 radical (unpaired) electrons. The fourth-order valence-corrected chi connectivity index (χ4v) is 1.88. The number of nitrogens with one attached hydrogen (secondary N) is 1. The van der Waals surface area contributed by atoms with Gasteiger partial charge in [0.1, 0.15) is 5.75 Å². The van der Waals surface area contributed by atoms with Crippen LogP contribution in [0.3, 0.4) is 0 Å². The molecule has 0 fully saturated rings. The van der Waals surface area contributed by atoms with Crippen LogP contribution in [0, 0.1) is 0 Å². The lowest BCUT2D eigenvalue weighted by Crippen LogP contribution is -2.25. The summed E-state index contributed by atoms with van der Waals surface area (Å²) in [6, 6.07) is 12.8. The minimum absolute atomic E-state index is 0.145. The number of hydrogen-bond acceptors (Lipinski definition) is 4. The minimum Gasteiger partial charge on any atom is -0.439 e. The molecule has 5 heteroatoms. The lowest BCUT2D eigenvalue weighted by molar-refractivity contribution is 0.0757. The first kappa shape index (κ1) is 17.0. The predicted octanol–water partition coefficient (Wildman–Crippen LogP) is 3.42. The number of ether oxygens (including phenoxy) is 2. The van der Waals surface area contributed by atoms with Crippen LogP contribution in [0.1, 0.15) is 30.6 Å². The molecule has 2 aromatic rings. The van der Waals surface area contributed by atoms with Gasteiger partial charge in [0, 0.05) is 25.4 Å². The molecular formula is C18H22N2O3. The van der Waals surface area contributed by atoms with Crippen molar-refractivity contribution in [1.29, 1.82) is 0 Å². The zero-order valence-electron chi connectivity index (χ0n) is 13.5. The van der Waals surface area contributed by atoms with Gasteiger partial charge < -0.3 is 14.8 Å². The number of hydrogen-bond donors (Lipinski definition) is 1. The third-order valence-electron chi connectivity index (χ3n) is 3.02. The standard InChI is InChI=1S/C18H22N2O3/c1-14(2)22-12-6-11-19-18(21)15-9-10-17(20-13-15)23-16-7-4-3-5-8-16/h3-5,7-10,13-14H,6,11-12H2,1-2H3,(H,19,21). The van der Waals surface area contributed by atoms with Gasteiger partial charge in [-0.15, -0.1) is 0 Å².